The summed E-state index contributed by atoms with van der Waals surface area (Å²) in [6, 6.07) is 6.03. The summed E-state index contributed by atoms with van der Waals surface area (Å²) in [5.41, 5.74) is 11.0. The maximum Gasteiger partial charge on any atom is 0.258 e. The number of carbonyl (C=O) groups is 2. The molecule has 0 radical (unpaired) electrons. The van der Waals surface area contributed by atoms with E-state index in [2.05, 4.69) is 10.5 Å². The Bertz CT molecular complexity index is 527. The summed E-state index contributed by atoms with van der Waals surface area (Å²) in [6.07, 6.45) is 0.0697. The molecule has 8 heteroatoms. The van der Waals surface area contributed by atoms with Crippen LogP contribution in [0, 0.1) is 0 Å². The van der Waals surface area contributed by atoms with E-state index in [0.717, 1.165) is 0 Å². The quantitative estimate of drug-likeness (QED) is 0.233. The molecule has 0 saturated heterocycles. The highest BCUT2D eigenvalue weighted by atomic mass is 16.5. The van der Waals surface area contributed by atoms with Crippen LogP contribution in [-0.2, 0) is 9.59 Å². The normalized spacial score (nSPS) is 12.5. The highest BCUT2D eigenvalue weighted by Crippen LogP contribution is 2.11. The van der Waals surface area contributed by atoms with Gasteiger partial charge in [0.25, 0.3) is 5.91 Å². The molecule has 0 bridgehead atoms. The zero-order chi connectivity index (χ0) is 15.8. The molecule has 0 aliphatic carbocycles. The van der Waals surface area contributed by atoms with E-state index in [0.29, 0.717) is 11.3 Å². The van der Waals surface area contributed by atoms with Crippen molar-refractivity contribution >= 4 is 17.6 Å². The Morgan fingerprint density at radius 3 is 2.48 bits per heavy atom. The Kier molecular flexibility index (Phi) is 5.99. The molecule has 21 heavy (non-hydrogen) atoms. The zero-order valence-corrected chi connectivity index (χ0v) is 11.6. The van der Waals surface area contributed by atoms with Crippen molar-refractivity contribution in [2.45, 2.75) is 19.4 Å². The summed E-state index contributed by atoms with van der Waals surface area (Å²) in [4.78, 5) is 22.3. The number of hydrogen-bond donors (Lipinski definition) is 4. The van der Waals surface area contributed by atoms with Crippen LogP contribution in [0.2, 0.25) is 0 Å². The third-order valence-electron chi connectivity index (χ3n) is 2.54. The third-order valence-corrected chi connectivity index (χ3v) is 2.54. The maximum atomic E-state index is 11.6. The molecule has 6 N–H and O–H groups in total. The van der Waals surface area contributed by atoms with Crippen LogP contribution >= 0.6 is 0 Å². The van der Waals surface area contributed by atoms with Crippen molar-refractivity contribution in [2.24, 2.45) is 16.6 Å². The Balaban J connectivity index is 2.44. The second-order valence-electron chi connectivity index (χ2n) is 4.44. The van der Waals surface area contributed by atoms with Crippen LogP contribution in [0.5, 0.6) is 5.75 Å². The Morgan fingerprint density at radius 2 is 1.95 bits per heavy atom. The van der Waals surface area contributed by atoms with E-state index in [4.69, 9.17) is 21.4 Å². The second kappa shape index (κ2) is 7.73. The molecule has 1 atom stereocenters. The average Bonchev–Trinajstić information content (AvgIpc) is 2.43. The number of nitrogens with two attached hydrogens (primary N) is 2. The van der Waals surface area contributed by atoms with Gasteiger partial charge in [-0.05, 0) is 31.2 Å². The van der Waals surface area contributed by atoms with E-state index in [9.17, 15) is 9.59 Å². The van der Waals surface area contributed by atoms with Gasteiger partial charge in [0, 0.05) is 18.0 Å². The summed E-state index contributed by atoms with van der Waals surface area (Å²) >= 11 is 0. The maximum absolute atomic E-state index is 11.6. The molecule has 114 valence electrons. The smallest absolute Gasteiger partial charge is 0.258 e. The summed E-state index contributed by atoms with van der Waals surface area (Å²) in [7, 11) is 0. The van der Waals surface area contributed by atoms with Crippen molar-refractivity contribution in [3.05, 3.63) is 29.8 Å². The Morgan fingerprint density at radius 1 is 1.33 bits per heavy atom. The molecule has 0 heterocycles. The van der Waals surface area contributed by atoms with Crippen LogP contribution in [0.4, 0.5) is 0 Å². The van der Waals surface area contributed by atoms with Gasteiger partial charge in [0.15, 0.2) is 12.4 Å². The molecule has 1 unspecified atom stereocenters. The lowest BCUT2D eigenvalue weighted by Crippen LogP contribution is -2.38. The number of carbonyl (C=O) groups excluding carboxylic acids is 2. The van der Waals surface area contributed by atoms with Crippen molar-refractivity contribution in [3.63, 3.8) is 0 Å². The van der Waals surface area contributed by atoms with Crippen molar-refractivity contribution in [2.75, 3.05) is 6.61 Å². The molecule has 1 aromatic carbocycles. The molecule has 0 aromatic heterocycles. The number of amidine groups is 1. The van der Waals surface area contributed by atoms with Gasteiger partial charge in [0.05, 0.1) is 0 Å². The number of amides is 2. The van der Waals surface area contributed by atoms with E-state index in [-0.39, 0.29) is 30.8 Å². The van der Waals surface area contributed by atoms with Gasteiger partial charge < -0.3 is 26.7 Å². The van der Waals surface area contributed by atoms with Gasteiger partial charge >= 0.3 is 0 Å². The van der Waals surface area contributed by atoms with Crippen LogP contribution in [-0.4, -0.2) is 35.5 Å². The lowest BCUT2D eigenvalue weighted by atomic mass is 10.2. The Labute approximate surface area is 121 Å². The minimum Gasteiger partial charge on any atom is -0.484 e. The molecular weight excluding hydrogens is 276 g/mol. The molecule has 8 nitrogen and oxygen atoms in total. The first-order chi connectivity index (χ1) is 9.92. The molecule has 0 fully saturated rings. The number of benzene rings is 1. The molecular formula is C13H18N4O4. The first kappa shape index (κ1) is 16.3. The van der Waals surface area contributed by atoms with E-state index in [1.165, 1.54) is 0 Å². The third kappa shape index (κ3) is 5.81. The predicted molar refractivity (Wildman–Crippen MR) is 75.9 cm³/mol. The molecule has 0 spiro atoms. The zero-order valence-electron chi connectivity index (χ0n) is 11.6. The van der Waals surface area contributed by atoms with Crippen LogP contribution in [0.1, 0.15) is 18.9 Å². The van der Waals surface area contributed by atoms with E-state index >= 15 is 0 Å². The van der Waals surface area contributed by atoms with Crippen LogP contribution in [0.25, 0.3) is 0 Å². The average molecular weight is 294 g/mol. The van der Waals surface area contributed by atoms with E-state index < -0.39 is 5.91 Å². The van der Waals surface area contributed by atoms with Gasteiger partial charge in [-0.2, -0.15) is 0 Å². The van der Waals surface area contributed by atoms with Crippen molar-refractivity contribution in [1.29, 1.82) is 0 Å². The molecule has 0 aliphatic rings. The van der Waals surface area contributed by atoms with Gasteiger partial charge in [0.1, 0.15) is 5.75 Å². The summed E-state index contributed by atoms with van der Waals surface area (Å²) in [5.74, 6) is -0.395. The van der Waals surface area contributed by atoms with Gasteiger partial charge in [-0.25, -0.2) is 0 Å². The van der Waals surface area contributed by atoms with Gasteiger partial charge in [-0.15, -0.1) is 0 Å². The number of oxime groups is 1. The number of ether oxygens (including phenoxy) is 1. The summed E-state index contributed by atoms with van der Waals surface area (Å²) in [6.45, 7) is 1.49. The number of nitrogens with zero attached hydrogens (tertiary/aromatic N) is 1. The predicted octanol–water partition coefficient (Wildman–Crippen LogP) is -0.460. The highest BCUT2D eigenvalue weighted by molar-refractivity contribution is 5.97. The largest absolute Gasteiger partial charge is 0.484 e. The van der Waals surface area contributed by atoms with Gasteiger partial charge in [-0.1, -0.05) is 5.16 Å². The molecule has 1 aromatic rings. The van der Waals surface area contributed by atoms with E-state index in [1.54, 1.807) is 31.2 Å². The SMILES string of the molecule is CC(CC(N)=O)NC(=O)COc1ccc(/C(N)=N/O)cc1. The van der Waals surface area contributed by atoms with Gasteiger partial charge in [0.2, 0.25) is 5.91 Å². The van der Waals surface area contributed by atoms with Crippen LogP contribution in [0.15, 0.2) is 29.4 Å². The first-order valence-electron chi connectivity index (χ1n) is 6.20. The molecule has 0 aliphatic heterocycles. The highest BCUT2D eigenvalue weighted by Gasteiger charge is 2.10. The minimum atomic E-state index is -0.484. The van der Waals surface area contributed by atoms with Crippen molar-refractivity contribution in [3.8, 4) is 5.75 Å². The summed E-state index contributed by atoms with van der Waals surface area (Å²) < 4.78 is 5.27. The summed E-state index contributed by atoms with van der Waals surface area (Å²) in [5, 5.41) is 14.0. The lowest BCUT2D eigenvalue weighted by Gasteiger charge is -2.12. The van der Waals surface area contributed by atoms with Crippen LogP contribution < -0.4 is 21.5 Å². The minimum absolute atomic E-state index is 0.0143. The second-order valence-corrected chi connectivity index (χ2v) is 4.44. The molecule has 2 amide bonds. The van der Waals surface area contributed by atoms with Crippen molar-refractivity contribution < 1.29 is 19.5 Å². The fourth-order valence-electron chi connectivity index (χ4n) is 1.60. The number of nitrogens with one attached hydrogen (secondary N) is 1. The van der Waals surface area contributed by atoms with Crippen LogP contribution in [0.3, 0.4) is 0 Å². The number of primary amides is 1. The standard InChI is InChI=1S/C13H18N4O4/c1-8(6-11(14)18)16-12(19)7-21-10-4-2-9(3-5-10)13(15)17-20/h2-5,8,20H,6-7H2,1H3,(H2,14,18)(H2,15,17)(H,16,19). The fraction of sp³-hybridized carbons (Fsp3) is 0.308. The van der Waals surface area contributed by atoms with E-state index in [1.807, 2.05) is 0 Å². The molecule has 1 rings (SSSR count). The molecule has 0 saturated carbocycles. The van der Waals surface area contributed by atoms with Gasteiger partial charge in [-0.3, -0.25) is 9.59 Å². The van der Waals surface area contributed by atoms with Crippen molar-refractivity contribution in [1.82, 2.24) is 5.32 Å². The lowest BCUT2D eigenvalue weighted by molar-refractivity contribution is -0.124. The number of hydrogen-bond acceptors (Lipinski definition) is 5. The Hall–Kier alpha value is -2.77. The fourth-order valence-corrected chi connectivity index (χ4v) is 1.60. The first-order valence-corrected chi connectivity index (χ1v) is 6.20. The topological polar surface area (TPSA) is 140 Å². The monoisotopic (exact) mass is 294 g/mol. The number of rotatable bonds is 7.